The van der Waals surface area contributed by atoms with Gasteiger partial charge in [0.15, 0.2) is 6.29 Å². The van der Waals surface area contributed by atoms with Crippen LogP contribution in [-0.2, 0) is 33.3 Å². The third kappa shape index (κ3) is 12.6. The summed E-state index contributed by atoms with van der Waals surface area (Å²) in [6, 6.07) is 6.93. The number of aliphatic hydroxyl groups is 3. The largest absolute Gasteiger partial charge is 0.498 e. The number of nitrogens with one attached hydrogen (secondary N) is 1. The van der Waals surface area contributed by atoms with Gasteiger partial charge in [0.2, 0.25) is 0 Å². The van der Waals surface area contributed by atoms with E-state index in [1.54, 1.807) is 33.9 Å². The van der Waals surface area contributed by atoms with Crippen molar-refractivity contribution in [2.75, 3.05) is 46.2 Å². The van der Waals surface area contributed by atoms with Crippen LogP contribution in [0, 0.1) is 23.7 Å². The molecule has 1 aromatic heterocycles. The molecule has 14 nitrogen and oxygen atoms in total. The Morgan fingerprint density at radius 2 is 1.82 bits per heavy atom. The van der Waals surface area contributed by atoms with Gasteiger partial charge in [-0.2, -0.15) is 0 Å². The number of benzene rings is 1. The predicted molar refractivity (Wildman–Crippen MR) is 237 cm³/mol. The van der Waals surface area contributed by atoms with Gasteiger partial charge in [0.25, 0.3) is 0 Å². The van der Waals surface area contributed by atoms with Gasteiger partial charge in [-0.15, -0.1) is 0 Å². The minimum atomic E-state index is -1.78. The number of rotatable bonds is 12. The smallest absolute Gasteiger partial charge is 0.311 e. The van der Waals surface area contributed by atoms with Gasteiger partial charge in [-0.1, -0.05) is 39.0 Å². The number of anilines is 1. The molecule has 0 aliphatic carbocycles. The molecule has 0 radical (unpaired) electrons. The molecule has 344 valence electrons. The van der Waals surface area contributed by atoms with Crippen LogP contribution in [0.1, 0.15) is 88.0 Å². The Balaban J connectivity index is 1.61. The molecule has 3 heterocycles. The summed E-state index contributed by atoms with van der Waals surface area (Å²) in [7, 11) is 5.84. The van der Waals surface area contributed by atoms with E-state index >= 15 is 0 Å². The number of carbonyl (C=O) groups excluding carboxylic acids is 2. The molecular formula is C46H73ClN4O10. The first-order chi connectivity index (χ1) is 28.5. The van der Waals surface area contributed by atoms with E-state index < -0.39 is 77.6 Å². The number of hydrogen-bond acceptors (Lipinski definition) is 14. The molecule has 61 heavy (non-hydrogen) atoms. The summed E-state index contributed by atoms with van der Waals surface area (Å²) in [5, 5.41) is 41.6. The lowest BCUT2D eigenvalue weighted by atomic mass is 9.77. The van der Waals surface area contributed by atoms with Crippen molar-refractivity contribution >= 4 is 40.1 Å². The molecule has 4 N–H and O–H groups in total. The molecule has 0 spiro atoms. The van der Waals surface area contributed by atoms with Crippen LogP contribution in [0.3, 0.4) is 0 Å². The SMILES string of the molecule is C=C(OCCCNc1ccnc2cc(Cl)ccc12)[C@H]1[C@H](O[C@@H]2[C@@H](C)[C@H](O)[C@@H](C)C(=O)O[C@H](CC)[C@@](C)(O)[C@H](OC(C)=O)[C@@H](C)N(C)C[C@H](C)C[C@@]2(C)O)O[C@H](C)C[C@@H]1N(C)C. The first-order valence-electron chi connectivity index (χ1n) is 21.8. The number of nitrogens with zero attached hydrogens (tertiary/aromatic N) is 3. The summed E-state index contributed by atoms with van der Waals surface area (Å²) < 4.78 is 31.6. The van der Waals surface area contributed by atoms with Gasteiger partial charge < -0.3 is 49.2 Å². The van der Waals surface area contributed by atoms with E-state index in [4.69, 9.17) is 35.3 Å². The lowest BCUT2D eigenvalue weighted by molar-refractivity contribution is -0.286. The van der Waals surface area contributed by atoms with Crippen LogP contribution in [0.2, 0.25) is 5.02 Å². The van der Waals surface area contributed by atoms with E-state index in [0.717, 1.165) is 16.6 Å². The van der Waals surface area contributed by atoms with Crippen LogP contribution in [-0.4, -0.2) is 143 Å². The van der Waals surface area contributed by atoms with Crippen LogP contribution in [0.5, 0.6) is 0 Å². The molecule has 0 saturated carbocycles. The second-order valence-corrected chi connectivity index (χ2v) is 18.8. The van der Waals surface area contributed by atoms with Crippen molar-refractivity contribution in [3.63, 3.8) is 0 Å². The molecule has 2 aromatic rings. The summed E-state index contributed by atoms with van der Waals surface area (Å²) in [6.45, 7) is 21.2. The number of aromatic nitrogens is 1. The van der Waals surface area contributed by atoms with Crippen LogP contribution < -0.4 is 5.32 Å². The number of fused-ring (bicyclic) bond motifs is 1. The van der Waals surface area contributed by atoms with Crippen molar-refractivity contribution in [1.82, 2.24) is 14.8 Å². The third-order valence-corrected chi connectivity index (χ3v) is 13.0. The number of likely N-dealkylation sites (N-methyl/N-ethyl adjacent to an activating group) is 1. The molecule has 2 aliphatic rings. The van der Waals surface area contributed by atoms with E-state index in [1.807, 2.05) is 71.1 Å². The van der Waals surface area contributed by atoms with Crippen molar-refractivity contribution in [1.29, 1.82) is 0 Å². The standard InChI is InChI=1S/C46H73ClN4O10/c1-14-38-46(10,56)42(59-32(8)52)30(6)51(13)25-26(2)24-45(9,55)41(28(4)40(53)29(5)43(54)60-38)61-44-39(37(50(11)12)22-27(3)58-44)31(7)57-21-15-19-48-35-18-20-49-36-23-33(47)16-17-34(35)36/h16-18,20,23,26-30,37-42,44,53,55-56H,7,14-15,19,21-22,24-25H2,1-6,8-13H3,(H,48,49)/t26-,27-,28+,29-,30-,37+,38-,39-,40+,41-,42-,44+,45-,46-/m1/s1. The summed E-state index contributed by atoms with van der Waals surface area (Å²) in [4.78, 5) is 34.7. The maximum absolute atomic E-state index is 13.9. The van der Waals surface area contributed by atoms with E-state index in [9.17, 15) is 24.9 Å². The van der Waals surface area contributed by atoms with E-state index in [1.165, 1.54) is 13.8 Å². The summed E-state index contributed by atoms with van der Waals surface area (Å²) in [6.07, 6.45) is -2.17. The van der Waals surface area contributed by atoms with Gasteiger partial charge in [-0.05, 0) is 112 Å². The molecule has 0 bridgehead atoms. The van der Waals surface area contributed by atoms with Crippen molar-refractivity contribution in [3.8, 4) is 0 Å². The zero-order chi connectivity index (χ0) is 45.6. The van der Waals surface area contributed by atoms with Crippen molar-refractivity contribution in [2.45, 2.75) is 148 Å². The van der Waals surface area contributed by atoms with Crippen LogP contribution in [0.4, 0.5) is 5.69 Å². The molecule has 0 unspecified atom stereocenters. The number of esters is 2. The van der Waals surface area contributed by atoms with Gasteiger partial charge in [0, 0.05) is 60.3 Å². The molecule has 14 atom stereocenters. The first-order valence-corrected chi connectivity index (χ1v) is 22.2. The Bertz CT molecular complexity index is 1780. The highest BCUT2D eigenvalue weighted by Gasteiger charge is 2.51. The molecule has 15 heteroatoms. The third-order valence-electron chi connectivity index (χ3n) is 12.8. The van der Waals surface area contributed by atoms with Crippen LogP contribution in [0.15, 0.2) is 42.8 Å². The molecule has 4 rings (SSSR count). The fourth-order valence-corrected chi connectivity index (χ4v) is 9.55. The molecule has 2 saturated heterocycles. The highest BCUT2D eigenvalue weighted by Crippen LogP contribution is 2.40. The molecule has 2 aliphatic heterocycles. The highest BCUT2D eigenvalue weighted by molar-refractivity contribution is 6.31. The van der Waals surface area contributed by atoms with Gasteiger partial charge in [0.1, 0.15) is 17.8 Å². The quantitative estimate of drug-likeness (QED) is 0.111. The number of aliphatic hydroxyl groups excluding tert-OH is 1. The Kier molecular flexibility index (Phi) is 17.8. The maximum Gasteiger partial charge on any atom is 0.311 e. The van der Waals surface area contributed by atoms with E-state index in [-0.39, 0.29) is 30.9 Å². The maximum atomic E-state index is 13.9. The minimum Gasteiger partial charge on any atom is -0.498 e. The fourth-order valence-electron chi connectivity index (χ4n) is 9.38. The zero-order valence-electron chi connectivity index (χ0n) is 38.4. The average Bonchev–Trinajstić information content (AvgIpc) is 3.18. The van der Waals surface area contributed by atoms with Gasteiger partial charge in [-0.3, -0.25) is 19.5 Å². The number of ether oxygens (including phenoxy) is 5. The van der Waals surface area contributed by atoms with Crippen molar-refractivity contribution in [2.24, 2.45) is 23.7 Å². The number of hydrogen-bond donors (Lipinski definition) is 4. The van der Waals surface area contributed by atoms with Crippen LogP contribution >= 0.6 is 11.6 Å². The minimum absolute atomic E-state index is 0.103. The summed E-state index contributed by atoms with van der Waals surface area (Å²) >= 11 is 6.18. The Labute approximate surface area is 368 Å². The second kappa shape index (κ2) is 21.5. The monoisotopic (exact) mass is 877 g/mol. The van der Waals surface area contributed by atoms with Crippen molar-refractivity contribution in [3.05, 3.63) is 47.8 Å². The summed E-state index contributed by atoms with van der Waals surface area (Å²) in [5.41, 5.74) is -1.59. The number of halogens is 1. The average molecular weight is 878 g/mol. The molecular weight excluding hydrogens is 804 g/mol. The second-order valence-electron chi connectivity index (χ2n) is 18.4. The lowest BCUT2D eigenvalue weighted by Gasteiger charge is -2.48. The number of pyridine rings is 1. The van der Waals surface area contributed by atoms with Crippen LogP contribution in [0.25, 0.3) is 10.9 Å². The molecule has 0 amide bonds. The predicted octanol–water partition coefficient (Wildman–Crippen LogP) is 6.04. The fraction of sp³-hybridized carbons (Fsp3) is 0.717. The lowest BCUT2D eigenvalue weighted by Crippen LogP contribution is -2.60. The van der Waals surface area contributed by atoms with Crippen molar-refractivity contribution < 1.29 is 48.6 Å². The van der Waals surface area contributed by atoms with E-state index in [2.05, 4.69) is 21.8 Å². The zero-order valence-corrected chi connectivity index (χ0v) is 39.1. The van der Waals surface area contributed by atoms with Gasteiger partial charge in [0.05, 0.1) is 53.6 Å². The first kappa shape index (κ1) is 50.6. The van der Waals surface area contributed by atoms with E-state index in [0.29, 0.717) is 43.3 Å². The van der Waals surface area contributed by atoms with Gasteiger partial charge >= 0.3 is 11.9 Å². The normalized spacial score (nSPS) is 36.1. The Morgan fingerprint density at radius 3 is 2.46 bits per heavy atom. The molecule has 1 aromatic carbocycles. The topological polar surface area (TPSA) is 172 Å². The Hall–Kier alpha value is -3.08. The van der Waals surface area contributed by atoms with Gasteiger partial charge in [-0.25, -0.2) is 0 Å². The number of carbonyl (C=O) groups is 2. The Morgan fingerprint density at radius 1 is 1.13 bits per heavy atom. The highest BCUT2D eigenvalue weighted by atomic mass is 35.5. The summed E-state index contributed by atoms with van der Waals surface area (Å²) in [5.74, 6) is -3.41. The number of cyclic esters (lactones) is 1. The molecule has 2 fully saturated rings.